The van der Waals surface area contributed by atoms with Crippen molar-refractivity contribution < 1.29 is 0 Å². The maximum absolute atomic E-state index is 11.8. The van der Waals surface area contributed by atoms with Gasteiger partial charge in [0.05, 0.1) is 0 Å². The van der Waals surface area contributed by atoms with Gasteiger partial charge in [-0.25, -0.2) is 9.59 Å². The van der Waals surface area contributed by atoms with Gasteiger partial charge in [0.2, 0.25) is 0 Å². The predicted molar refractivity (Wildman–Crippen MR) is 60.3 cm³/mol. The molecule has 2 heterocycles. The Morgan fingerprint density at radius 3 is 2.00 bits per heavy atom. The summed E-state index contributed by atoms with van der Waals surface area (Å²) in [5.74, 6) is 0. The second-order valence-corrected chi connectivity index (χ2v) is 3.72. The molecule has 2 aromatic heterocycles. The first-order valence-corrected chi connectivity index (χ1v) is 4.75. The Balaban J connectivity index is 3.38. The lowest BCUT2D eigenvalue weighted by Crippen LogP contribution is -2.43. The third-order valence-corrected chi connectivity index (χ3v) is 2.71. The molecule has 2 aromatic rings. The van der Waals surface area contributed by atoms with Crippen molar-refractivity contribution in [2.75, 3.05) is 0 Å². The highest BCUT2D eigenvalue weighted by atomic mass is 16.2. The van der Waals surface area contributed by atoms with Crippen LogP contribution in [0.3, 0.4) is 0 Å². The molecular weight excluding hydrogens is 228 g/mol. The van der Waals surface area contributed by atoms with Gasteiger partial charge in [-0.3, -0.25) is 23.3 Å². The van der Waals surface area contributed by atoms with Crippen molar-refractivity contribution in [2.45, 2.75) is 0 Å². The van der Waals surface area contributed by atoms with E-state index in [0.717, 1.165) is 13.7 Å². The number of hydrogen-bond acceptors (Lipinski definition) is 4. The van der Waals surface area contributed by atoms with Gasteiger partial charge in [-0.2, -0.15) is 0 Å². The Kier molecular flexibility index (Phi) is 2.16. The van der Waals surface area contributed by atoms with Crippen molar-refractivity contribution in [2.24, 2.45) is 21.1 Å². The zero-order valence-electron chi connectivity index (χ0n) is 9.47. The van der Waals surface area contributed by atoms with Crippen LogP contribution in [0.1, 0.15) is 0 Å². The van der Waals surface area contributed by atoms with Crippen LogP contribution in [0, 0.1) is 0 Å². The fourth-order valence-corrected chi connectivity index (χ4v) is 1.65. The Hall–Kier alpha value is -2.38. The van der Waals surface area contributed by atoms with Crippen molar-refractivity contribution in [3.8, 4) is 0 Å². The predicted octanol–water partition coefficient (Wildman–Crippen LogP) is -2.38. The molecule has 8 nitrogen and oxygen atoms in total. The highest BCUT2D eigenvalue weighted by Crippen LogP contribution is 1.93. The first-order valence-electron chi connectivity index (χ1n) is 4.75. The summed E-state index contributed by atoms with van der Waals surface area (Å²) < 4.78 is 2.67. The highest BCUT2D eigenvalue weighted by Gasteiger charge is 2.14. The maximum atomic E-state index is 11.8. The third-order valence-electron chi connectivity index (χ3n) is 2.71. The number of nitrogens with one attached hydrogen (secondary N) is 1. The SMILES string of the molecule is Cn1c(=O)[nH]c2c(=O)n(C)c(=O)n(C)c2c1=O. The Morgan fingerprint density at radius 1 is 0.824 bits per heavy atom. The zero-order valence-corrected chi connectivity index (χ0v) is 9.47. The number of H-pyrrole nitrogens is 1. The Bertz CT molecular complexity index is 849. The van der Waals surface area contributed by atoms with Gasteiger partial charge in [0.1, 0.15) is 11.0 Å². The van der Waals surface area contributed by atoms with Gasteiger partial charge >= 0.3 is 11.4 Å². The second-order valence-electron chi connectivity index (χ2n) is 3.72. The lowest BCUT2D eigenvalue weighted by Gasteiger charge is -2.07. The van der Waals surface area contributed by atoms with Crippen molar-refractivity contribution in [1.82, 2.24) is 18.7 Å². The van der Waals surface area contributed by atoms with Crippen molar-refractivity contribution in [3.63, 3.8) is 0 Å². The van der Waals surface area contributed by atoms with Gasteiger partial charge in [-0.15, -0.1) is 0 Å². The summed E-state index contributed by atoms with van der Waals surface area (Å²) >= 11 is 0. The van der Waals surface area contributed by atoms with Crippen LogP contribution in [0.2, 0.25) is 0 Å². The largest absolute Gasteiger partial charge is 0.331 e. The van der Waals surface area contributed by atoms with Gasteiger partial charge in [-0.05, 0) is 0 Å². The fraction of sp³-hybridized carbons (Fsp3) is 0.333. The van der Waals surface area contributed by atoms with E-state index in [9.17, 15) is 19.2 Å². The van der Waals surface area contributed by atoms with E-state index >= 15 is 0 Å². The molecule has 8 heteroatoms. The van der Waals surface area contributed by atoms with Gasteiger partial charge < -0.3 is 4.98 Å². The molecule has 0 saturated carbocycles. The second kappa shape index (κ2) is 3.30. The zero-order chi connectivity index (χ0) is 12.9. The lowest BCUT2D eigenvalue weighted by molar-refractivity contribution is 0.692. The number of aryl methyl sites for hydroxylation is 1. The first kappa shape index (κ1) is 11.1. The summed E-state index contributed by atoms with van der Waals surface area (Å²) in [6, 6.07) is 0. The molecule has 0 bridgehead atoms. The van der Waals surface area contributed by atoms with E-state index in [-0.39, 0.29) is 11.0 Å². The molecule has 0 fully saturated rings. The van der Waals surface area contributed by atoms with E-state index in [1.807, 2.05) is 0 Å². The molecule has 0 aliphatic rings. The van der Waals surface area contributed by atoms with Crippen molar-refractivity contribution in [1.29, 1.82) is 0 Å². The van der Waals surface area contributed by atoms with Gasteiger partial charge in [-0.1, -0.05) is 0 Å². The fourth-order valence-electron chi connectivity index (χ4n) is 1.65. The standard InChI is InChI=1S/C9H10N4O4/c1-11-5-4(6(14)13(3)9(11)17)10-8(16)12(2)7(5)15/h1-3H3,(H,10,16). The normalized spacial score (nSPS) is 11.0. The summed E-state index contributed by atoms with van der Waals surface area (Å²) in [6.07, 6.45) is 0. The molecule has 90 valence electrons. The molecule has 0 aliphatic heterocycles. The quantitative estimate of drug-likeness (QED) is 0.554. The van der Waals surface area contributed by atoms with Gasteiger partial charge in [0.25, 0.3) is 11.1 Å². The average Bonchev–Trinajstić information content (AvgIpc) is 2.30. The van der Waals surface area contributed by atoms with Crippen LogP contribution in [-0.2, 0) is 21.1 Å². The third kappa shape index (κ3) is 1.30. The minimum absolute atomic E-state index is 0.111. The highest BCUT2D eigenvalue weighted by molar-refractivity contribution is 5.71. The van der Waals surface area contributed by atoms with Crippen LogP contribution in [0.5, 0.6) is 0 Å². The number of fused-ring (bicyclic) bond motifs is 1. The van der Waals surface area contributed by atoms with E-state index < -0.39 is 22.5 Å². The number of rotatable bonds is 0. The molecule has 0 saturated heterocycles. The van der Waals surface area contributed by atoms with Crippen molar-refractivity contribution >= 4 is 11.0 Å². The van der Waals surface area contributed by atoms with Crippen LogP contribution in [0.15, 0.2) is 19.2 Å². The minimum atomic E-state index is -0.696. The molecule has 0 aromatic carbocycles. The van der Waals surface area contributed by atoms with Crippen LogP contribution >= 0.6 is 0 Å². The number of nitrogens with zero attached hydrogens (tertiary/aromatic N) is 3. The van der Waals surface area contributed by atoms with Crippen LogP contribution < -0.4 is 22.5 Å². The summed E-state index contributed by atoms with van der Waals surface area (Å²) in [5.41, 5.74) is -2.97. The molecule has 0 aliphatic carbocycles. The molecule has 1 N–H and O–H groups in total. The van der Waals surface area contributed by atoms with E-state index in [2.05, 4.69) is 4.98 Å². The molecular formula is C9H10N4O4. The maximum Gasteiger partial charge on any atom is 0.331 e. The van der Waals surface area contributed by atoms with Crippen LogP contribution in [0.4, 0.5) is 0 Å². The molecule has 0 radical (unpaired) electrons. The Labute approximate surface area is 93.4 Å². The topological polar surface area (TPSA) is 98.9 Å². The van der Waals surface area contributed by atoms with E-state index in [4.69, 9.17) is 0 Å². The summed E-state index contributed by atoms with van der Waals surface area (Å²) in [4.78, 5) is 48.9. The molecule has 0 amide bonds. The molecule has 0 spiro atoms. The average molecular weight is 238 g/mol. The van der Waals surface area contributed by atoms with Crippen LogP contribution in [-0.4, -0.2) is 18.7 Å². The molecule has 17 heavy (non-hydrogen) atoms. The van der Waals surface area contributed by atoms with Gasteiger partial charge in [0.15, 0.2) is 0 Å². The number of hydrogen-bond donors (Lipinski definition) is 1. The summed E-state index contributed by atoms with van der Waals surface area (Å²) in [6.45, 7) is 0. The van der Waals surface area contributed by atoms with Gasteiger partial charge in [0, 0.05) is 21.1 Å². The Morgan fingerprint density at radius 2 is 1.41 bits per heavy atom. The van der Waals surface area contributed by atoms with Crippen molar-refractivity contribution in [3.05, 3.63) is 41.7 Å². The summed E-state index contributed by atoms with van der Waals surface area (Å²) in [7, 11) is 3.91. The molecule has 2 rings (SSSR count). The van der Waals surface area contributed by atoms with E-state index in [1.165, 1.54) is 21.1 Å². The van der Waals surface area contributed by atoms with Crippen LogP contribution in [0.25, 0.3) is 11.0 Å². The van der Waals surface area contributed by atoms with E-state index in [1.54, 1.807) is 0 Å². The molecule has 0 atom stereocenters. The monoisotopic (exact) mass is 238 g/mol. The lowest BCUT2D eigenvalue weighted by atomic mass is 10.4. The summed E-state index contributed by atoms with van der Waals surface area (Å²) in [5, 5.41) is 0. The van der Waals surface area contributed by atoms with E-state index in [0.29, 0.717) is 0 Å². The first-order chi connectivity index (χ1) is 7.86. The number of aromatic nitrogens is 4. The minimum Gasteiger partial charge on any atom is -0.301 e. The molecule has 0 unspecified atom stereocenters. The number of aromatic amines is 1. The smallest absolute Gasteiger partial charge is 0.301 e.